The lowest BCUT2D eigenvalue weighted by Crippen LogP contribution is -2.24. The first kappa shape index (κ1) is 27.6. The molecule has 40 heavy (non-hydrogen) atoms. The third kappa shape index (κ3) is 5.12. The molecule has 8 nitrogen and oxygen atoms in total. The number of hydrogen-bond acceptors (Lipinski definition) is 8. The summed E-state index contributed by atoms with van der Waals surface area (Å²) in [6.45, 7) is 7.67. The molecule has 2 N–H and O–H groups in total. The van der Waals surface area contributed by atoms with E-state index in [1.54, 1.807) is 0 Å². The zero-order valence-electron chi connectivity index (χ0n) is 22.8. The first-order chi connectivity index (χ1) is 19.4. The highest BCUT2D eigenvalue weighted by Gasteiger charge is 2.32. The summed E-state index contributed by atoms with van der Waals surface area (Å²) in [5.41, 5.74) is 6.17. The van der Waals surface area contributed by atoms with Crippen LogP contribution in [0.15, 0.2) is 93.6 Å². The maximum absolute atomic E-state index is 9.87. The Kier molecular flexibility index (Phi) is 8.24. The van der Waals surface area contributed by atoms with E-state index >= 15 is 0 Å². The number of allylic oxidation sites excluding steroid dienone is 8. The fourth-order valence-electron chi connectivity index (χ4n) is 5.21. The van der Waals surface area contributed by atoms with Crippen molar-refractivity contribution >= 4 is 0 Å². The molecule has 0 amide bonds. The van der Waals surface area contributed by atoms with Crippen LogP contribution >= 0.6 is 0 Å². The molecular weight excluding hydrogens is 500 g/mol. The van der Waals surface area contributed by atoms with Crippen molar-refractivity contribution in [3.05, 3.63) is 105 Å². The predicted molar refractivity (Wildman–Crippen MR) is 149 cm³/mol. The second-order valence-corrected chi connectivity index (χ2v) is 9.49. The summed E-state index contributed by atoms with van der Waals surface area (Å²) in [7, 11) is 0. The minimum absolute atomic E-state index is 0.192. The van der Waals surface area contributed by atoms with Gasteiger partial charge in [0.25, 0.3) is 0 Å². The average molecular weight is 529 g/mol. The number of nitrogens with zero attached hydrogens (tertiary/aromatic N) is 4. The van der Waals surface area contributed by atoms with E-state index in [4.69, 9.17) is 9.47 Å². The van der Waals surface area contributed by atoms with E-state index in [1.807, 2.05) is 76.2 Å². The van der Waals surface area contributed by atoms with Gasteiger partial charge in [-0.1, -0.05) is 36.4 Å². The van der Waals surface area contributed by atoms with Gasteiger partial charge >= 0.3 is 0 Å². The molecule has 8 heteroatoms. The van der Waals surface area contributed by atoms with Crippen LogP contribution < -0.4 is 20.1 Å². The number of dihydropyridines is 2. The van der Waals surface area contributed by atoms with Crippen LogP contribution in [-0.2, 0) is 0 Å². The molecule has 2 aliphatic heterocycles. The summed E-state index contributed by atoms with van der Waals surface area (Å²) < 4.78 is 12.3. The molecule has 4 rings (SSSR count). The van der Waals surface area contributed by atoms with Crippen LogP contribution in [0, 0.1) is 45.3 Å². The Morgan fingerprint density at radius 2 is 0.850 bits per heavy atom. The lowest BCUT2D eigenvalue weighted by Gasteiger charge is -2.28. The first-order valence-corrected chi connectivity index (χ1v) is 12.8. The van der Waals surface area contributed by atoms with Crippen LogP contribution in [0.1, 0.15) is 50.7 Å². The van der Waals surface area contributed by atoms with Gasteiger partial charge in [0.2, 0.25) is 0 Å². The van der Waals surface area contributed by atoms with Gasteiger partial charge in [0.15, 0.2) is 0 Å². The van der Waals surface area contributed by atoms with E-state index in [-0.39, 0.29) is 13.2 Å². The van der Waals surface area contributed by atoms with Gasteiger partial charge in [0.05, 0.1) is 58.4 Å². The van der Waals surface area contributed by atoms with Crippen molar-refractivity contribution in [2.45, 2.75) is 39.5 Å². The third-order valence-corrected chi connectivity index (χ3v) is 7.06. The lowest BCUT2D eigenvalue weighted by atomic mass is 9.81. The molecule has 0 aromatic heterocycles. The molecule has 0 radical (unpaired) electrons. The monoisotopic (exact) mass is 528 g/mol. The Hall–Kier alpha value is -5.44. The van der Waals surface area contributed by atoms with E-state index in [0.717, 1.165) is 11.1 Å². The van der Waals surface area contributed by atoms with Gasteiger partial charge in [-0.3, -0.25) is 0 Å². The van der Waals surface area contributed by atoms with Crippen molar-refractivity contribution in [3.63, 3.8) is 0 Å². The van der Waals surface area contributed by atoms with E-state index in [9.17, 15) is 21.0 Å². The maximum atomic E-state index is 9.87. The summed E-state index contributed by atoms with van der Waals surface area (Å²) in [5, 5.41) is 45.7. The molecule has 2 heterocycles. The quantitative estimate of drug-likeness (QED) is 0.436. The van der Waals surface area contributed by atoms with Crippen LogP contribution in [0.3, 0.4) is 0 Å². The highest BCUT2D eigenvalue weighted by Crippen LogP contribution is 2.42. The largest absolute Gasteiger partial charge is 0.490 e. The Labute approximate surface area is 234 Å². The average Bonchev–Trinajstić information content (AvgIpc) is 2.95. The van der Waals surface area contributed by atoms with E-state index in [1.165, 1.54) is 0 Å². The zero-order valence-corrected chi connectivity index (χ0v) is 22.8. The summed E-state index contributed by atoms with van der Waals surface area (Å²) in [6.07, 6.45) is 0. The van der Waals surface area contributed by atoms with Crippen molar-refractivity contribution in [2.75, 3.05) is 13.2 Å². The molecule has 0 spiro atoms. The van der Waals surface area contributed by atoms with Crippen molar-refractivity contribution < 1.29 is 9.47 Å². The van der Waals surface area contributed by atoms with Crippen LogP contribution in [0.25, 0.3) is 0 Å². The van der Waals surface area contributed by atoms with Gasteiger partial charge in [-0.15, -0.1) is 0 Å². The highest BCUT2D eigenvalue weighted by molar-refractivity contribution is 5.59. The summed E-state index contributed by atoms with van der Waals surface area (Å²) >= 11 is 0. The fourth-order valence-corrected chi connectivity index (χ4v) is 5.21. The molecule has 2 aromatic rings. The number of nitrogens with one attached hydrogen (secondary N) is 2. The number of hydrogen-bond donors (Lipinski definition) is 2. The van der Waals surface area contributed by atoms with Crippen molar-refractivity contribution in [2.24, 2.45) is 0 Å². The van der Waals surface area contributed by atoms with Gasteiger partial charge < -0.3 is 20.1 Å². The van der Waals surface area contributed by atoms with E-state index < -0.39 is 11.8 Å². The van der Waals surface area contributed by atoms with Crippen LogP contribution in [0.5, 0.6) is 11.5 Å². The van der Waals surface area contributed by atoms with Gasteiger partial charge in [0, 0.05) is 33.9 Å². The van der Waals surface area contributed by atoms with Crippen molar-refractivity contribution in [1.82, 2.24) is 10.6 Å². The Morgan fingerprint density at radius 1 is 0.550 bits per heavy atom. The minimum Gasteiger partial charge on any atom is -0.490 e. The maximum Gasteiger partial charge on any atom is 0.123 e. The summed E-state index contributed by atoms with van der Waals surface area (Å²) in [6, 6.07) is 23.8. The Balaban J connectivity index is 1.57. The normalized spacial score (nSPS) is 15.9. The smallest absolute Gasteiger partial charge is 0.123 e. The fraction of sp³-hybridized carbons (Fsp3) is 0.250. The number of nitriles is 4. The predicted octanol–water partition coefficient (Wildman–Crippen LogP) is 5.71. The van der Waals surface area contributed by atoms with E-state index in [0.29, 0.717) is 56.6 Å². The van der Waals surface area contributed by atoms with Crippen molar-refractivity contribution in [1.29, 1.82) is 21.0 Å². The molecule has 2 aliphatic rings. The molecule has 0 atom stereocenters. The number of ether oxygens (including phenoxy) is 2. The summed E-state index contributed by atoms with van der Waals surface area (Å²) in [4.78, 5) is 0. The van der Waals surface area contributed by atoms with Gasteiger partial charge in [-0.25, -0.2) is 0 Å². The molecule has 198 valence electrons. The minimum atomic E-state index is -0.534. The zero-order chi connectivity index (χ0) is 28.8. The highest BCUT2D eigenvalue weighted by atomic mass is 16.5. The number of para-hydroxylation sites is 2. The van der Waals surface area contributed by atoms with Gasteiger partial charge in [-0.2, -0.15) is 21.0 Å². The number of rotatable bonds is 7. The van der Waals surface area contributed by atoms with Crippen LogP contribution in [0.4, 0.5) is 0 Å². The second kappa shape index (κ2) is 12.0. The SMILES string of the molecule is CC1=C(C#N)C(c2ccccc2OCCOc2ccccc2C2C(C#N)=C(C)NC(C)=C2C#N)C(C#N)=C(C)N1. The molecule has 0 aliphatic carbocycles. The Morgan fingerprint density at radius 3 is 1.15 bits per heavy atom. The molecular formula is C32H28N6O2. The molecule has 0 saturated heterocycles. The standard InChI is InChI=1S/C32H28N6O2/c1-19-25(15-33)31(26(16-34)20(2)37-19)23-9-5-7-11-29(23)39-13-14-40-30-12-8-6-10-24(30)32-27(17-35)21(3)38-22(4)28(32)18-36/h5-12,31-32,37-38H,13-14H2,1-4H3. The Bertz CT molecular complexity index is 1450. The van der Waals surface area contributed by atoms with Crippen LogP contribution in [-0.4, -0.2) is 13.2 Å². The molecule has 0 fully saturated rings. The summed E-state index contributed by atoms with van der Waals surface area (Å²) in [5.74, 6) is 0.0449. The third-order valence-electron chi connectivity index (χ3n) is 7.06. The molecule has 0 unspecified atom stereocenters. The van der Waals surface area contributed by atoms with Crippen molar-refractivity contribution in [3.8, 4) is 35.8 Å². The second-order valence-electron chi connectivity index (χ2n) is 9.49. The topological polar surface area (TPSA) is 138 Å². The molecule has 0 saturated carbocycles. The number of benzene rings is 2. The first-order valence-electron chi connectivity index (χ1n) is 12.8. The lowest BCUT2D eigenvalue weighted by molar-refractivity contribution is 0.214. The van der Waals surface area contributed by atoms with Gasteiger partial charge in [-0.05, 0) is 39.8 Å². The molecule has 0 bridgehead atoms. The molecule has 2 aromatic carbocycles. The van der Waals surface area contributed by atoms with E-state index in [2.05, 4.69) is 34.9 Å². The van der Waals surface area contributed by atoms with Gasteiger partial charge in [0.1, 0.15) is 24.7 Å². The van der Waals surface area contributed by atoms with Crippen LogP contribution in [0.2, 0.25) is 0 Å².